The van der Waals surface area contributed by atoms with E-state index in [-0.39, 0.29) is 0 Å². The maximum Gasteiger partial charge on any atom is 0.144 e. The number of nitrogens with zero attached hydrogens (tertiary/aromatic N) is 5. The zero-order valence-corrected chi connectivity index (χ0v) is 11.0. The van der Waals surface area contributed by atoms with Crippen molar-refractivity contribution in [2.45, 2.75) is 6.92 Å². The van der Waals surface area contributed by atoms with Crippen molar-refractivity contribution in [2.75, 3.05) is 0 Å². The predicted octanol–water partition coefficient (Wildman–Crippen LogP) is 2.15. The largest absolute Gasteiger partial charge is 0.327 e. The van der Waals surface area contributed by atoms with Crippen LogP contribution in [0.1, 0.15) is 11.3 Å². The van der Waals surface area contributed by atoms with Gasteiger partial charge in [-0.1, -0.05) is 0 Å². The Kier molecular flexibility index (Phi) is 2.39. The number of hydrogen-bond donors (Lipinski definition) is 0. The molecule has 0 aliphatic heterocycles. The summed E-state index contributed by atoms with van der Waals surface area (Å²) in [4.78, 5) is 4.62. The van der Waals surface area contributed by atoms with Crippen molar-refractivity contribution >= 4 is 11.0 Å². The summed E-state index contributed by atoms with van der Waals surface area (Å²) in [5.74, 6) is 0.871. The standard InChI is InChI=1S/C14H13N5/c1-9-11(8-16-19(9)3)14-17-12-6-10(7-15)4-5-13(12)18(14)2/h4-6,8H,1-3H3. The maximum absolute atomic E-state index is 8.94. The van der Waals surface area contributed by atoms with Gasteiger partial charge in [0.25, 0.3) is 0 Å². The Morgan fingerprint density at radius 3 is 2.68 bits per heavy atom. The van der Waals surface area contributed by atoms with E-state index in [4.69, 9.17) is 5.26 Å². The first-order valence-electron chi connectivity index (χ1n) is 5.97. The minimum atomic E-state index is 0.625. The van der Waals surface area contributed by atoms with E-state index in [0.29, 0.717) is 5.56 Å². The summed E-state index contributed by atoms with van der Waals surface area (Å²) < 4.78 is 3.86. The summed E-state index contributed by atoms with van der Waals surface area (Å²) in [6.45, 7) is 2.02. The monoisotopic (exact) mass is 251 g/mol. The fraction of sp³-hybridized carbons (Fsp3) is 0.214. The van der Waals surface area contributed by atoms with Crippen LogP contribution in [0.2, 0.25) is 0 Å². The molecule has 3 aromatic rings. The number of aromatic nitrogens is 4. The minimum Gasteiger partial charge on any atom is -0.327 e. The molecule has 0 bridgehead atoms. The highest BCUT2D eigenvalue weighted by molar-refractivity contribution is 5.82. The second-order valence-electron chi connectivity index (χ2n) is 4.58. The first kappa shape index (κ1) is 11.5. The molecule has 0 unspecified atom stereocenters. The molecule has 0 fully saturated rings. The third-order valence-electron chi connectivity index (χ3n) is 3.49. The molecule has 2 aromatic heterocycles. The second-order valence-corrected chi connectivity index (χ2v) is 4.58. The lowest BCUT2D eigenvalue weighted by molar-refractivity contribution is 0.740. The number of hydrogen-bond acceptors (Lipinski definition) is 3. The molecule has 5 nitrogen and oxygen atoms in total. The van der Waals surface area contributed by atoms with Gasteiger partial charge in [0, 0.05) is 19.8 Å². The summed E-state index contributed by atoms with van der Waals surface area (Å²) in [6.07, 6.45) is 1.82. The molecule has 0 saturated carbocycles. The molecule has 5 heteroatoms. The number of imidazole rings is 1. The molecule has 0 radical (unpaired) electrons. The van der Waals surface area contributed by atoms with Crippen LogP contribution in [-0.2, 0) is 14.1 Å². The summed E-state index contributed by atoms with van der Waals surface area (Å²) in [5.41, 5.74) is 4.55. The molecule has 0 aliphatic rings. The number of fused-ring (bicyclic) bond motifs is 1. The first-order chi connectivity index (χ1) is 9.11. The van der Waals surface area contributed by atoms with Crippen molar-refractivity contribution < 1.29 is 0 Å². The van der Waals surface area contributed by atoms with Crippen molar-refractivity contribution in [3.8, 4) is 17.5 Å². The van der Waals surface area contributed by atoms with Crippen LogP contribution in [0.4, 0.5) is 0 Å². The first-order valence-corrected chi connectivity index (χ1v) is 5.97. The van der Waals surface area contributed by atoms with Crippen LogP contribution in [0.15, 0.2) is 24.4 Å². The van der Waals surface area contributed by atoms with Gasteiger partial charge >= 0.3 is 0 Å². The molecule has 1 aromatic carbocycles. The fourth-order valence-corrected chi connectivity index (χ4v) is 2.23. The Bertz CT molecular complexity index is 816. The molecule has 0 spiro atoms. The van der Waals surface area contributed by atoms with Crippen molar-refractivity contribution in [3.63, 3.8) is 0 Å². The zero-order valence-electron chi connectivity index (χ0n) is 11.0. The van der Waals surface area contributed by atoms with Gasteiger partial charge in [0.15, 0.2) is 0 Å². The van der Waals surface area contributed by atoms with Gasteiger partial charge in [0.1, 0.15) is 5.82 Å². The predicted molar refractivity (Wildman–Crippen MR) is 72.4 cm³/mol. The van der Waals surface area contributed by atoms with E-state index >= 15 is 0 Å². The van der Waals surface area contributed by atoms with Gasteiger partial charge in [0.2, 0.25) is 0 Å². The van der Waals surface area contributed by atoms with E-state index < -0.39 is 0 Å². The number of rotatable bonds is 1. The fourth-order valence-electron chi connectivity index (χ4n) is 2.23. The number of nitriles is 1. The smallest absolute Gasteiger partial charge is 0.144 e. The minimum absolute atomic E-state index is 0.625. The Balaban J connectivity index is 2.28. The van der Waals surface area contributed by atoms with Gasteiger partial charge in [-0.3, -0.25) is 4.68 Å². The molecule has 94 valence electrons. The summed E-state index contributed by atoms with van der Waals surface area (Å²) >= 11 is 0. The molecule has 3 rings (SSSR count). The average Bonchev–Trinajstić information content (AvgIpc) is 2.91. The summed E-state index contributed by atoms with van der Waals surface area (Å²) in [7, 11) is 3.89. The Hall–Kier alpha value is -2.61. The summed E-state index contributed by atoms with van der Waals surface area (Å²) in [6, 6.07) is 7.68. The molecule has 0 atom stereocenters. The average molecular weight is 251 g/mol. The molecule has 0 amide bonds. The van der Waals surface area contributed by atoms with Gasteiger partial charge in [-0.15, -0.1) is 0 Å². The highest BCUT2D eigenvalue weighted by atomic mass is 15.3. The van der Waals surface area contributed by atoms with Gasteiger partial charge in [-0.25, -0.2) is 4.98 Å². The van der Waals surface area contributed by atoms with Gasteiger partial charge < -0.3 is 4.57 Å². The lowest BCUT2D eigenvalue weighted by Crippen LogP contribution is -1.96. The normalized spacial score (nSPS) is 10.8. The van der Waals surface area contributed by atoms with Crippen LogP contribution in [0.3, 0.4) is 0 Å². The van der Waals surface area contributed by atoms with Crippen molar-refractivity contribution in [1.82, 2.24) is 19.3 Å². The third kappa shape index (κ3) is 1.61. The van der Waals surface area contributed by atoms with Crippen molar-refractivity contribution in [2.24, 2.45) is 14.1 Å². The van der Waals surface area contributed by atoms with E-state index in [1.807, 2.05) is 54.7 Å². The van der Waals surface area contributed by atoms with Gasteiger partial charge in [-0.05, 0) is 25.1 Å². The third-order valence-corrected chi connectivity index (χ3v) is 3.49. The molecule has 19 heavy (non-hydrogen) atoms. The van der Waals surface area contributed by atoms with E-state index in [0.717, 1.165) is 28.1 Å². The number of benzene rings is 1. The van der Waals surface area contributed by atoms with Crippen LogP contribution in [0, 0.1) is 18.3 Å². The number of aryl methyl sites for hydroxylation is 2. The van der Waals surface area contributed by atoms with Gasteiger partial charge in [-0.2, -0.15) is 10.4 Å². The summed E-state index contributed by atoms with van der Waals surface area (Å²) in [5, 5.41) is 13.2. The lowest BCUT2D eigenvalue weighted by atomic mass is 10.2. The van der Waals surface area contributed by atoms with E-state index in [2.05, 4.69) is 16.2 Å². The van der Waals surface area contributed by atoms with Crippen LogP contribution in [-0.4, -0.2) is 19.3 Å². The molecule has 0 saturated heterocycles. The molecule has 0 N–H and O–H groups in total. The molecular formula is C14H13N5. The Morgan fingerprint density at radius 2 is 2.05 bits per heavy atom. The van der Waals surface area contributed by atoms with Crippen LogP contribution in [0.5, 0.6) is 0 Å². The van der Waals surface area contributed by atoms with Crippen LogP contribution < -0.4 is 0 Å². The van der Waals surface area contributed by atoms with Gasteiger partial charge in [0.05, 0.1) is 34.4 Å². The molecule has 0 aliphatic carbocycles. The maximum atomic E-state index is 8.94. The lowest BCUT2D eigenvalue weighted by Gasteiger charge is -2.01. The van der Waals surface area contributed by atoms with E-state index in [1.165, 1.54) is 0 Å². The topological polar surface area (TPSA) is 59.4 Å². The van der Waals surface area contributed by atoms with Crippen LogP contribution >= 0.6 is 0 Å². The Labute approximate surface area is 110 Å². The highest BCUT2D eigenvalue weighted by Gasteiger charge is 2.14. The van der Waals surface area contributed by atoms with Crippen molar-refractivity contribution in [1.29, 1.82) is 5.26 Å². The van der Waals surface area contributed by atoms with Crippen LogP contribution in [0.25, 0.3) is 22.4 Å². The van der Waals surface area contributed by atoms with E-state index in [1.54, 1.807) is 0 Å². The van der Waals surface area contributed by atoms with E-state index in [9.17, 15) is 0 Å². The zero-order chi connectivity index (χ0) is 13.6. The Morgan fingerprint density at radius 1 is 1.26 bits per heavy atom. The SMILES string of the molecule is Cc1c(-c2nc3cc(C#N)ccc3n2C)cnn1C. The van der Waals surface area contributed by atoms with Crippen molar-refractivity contribution in [3.05, 3.63) is 35.7 Å². The molecular weight excluding hydrogens is 238 g/mol. The molecule has 2 heterocycles. The quantitative estimate of drug-likeness (QED) is 0.665. The second kappa shape index (κ2) is 3.95. The highest BCUT2D eigenvalue weighted by Crippen LogP contribution is 2.26.